The Hall–Kier alpha value is -2.36. The number of benzene rings is 1. The van der Waals surface area contributed by atoms with Crippen LogP contribution in [0.5, 0.6) is 11.5 Å². The average molecular weight is 336 g/mol. The smallest absolute Gasteiger partial charge is 0.287 e. The highest BCUT2D eigenvalue weighted by atomic mass is 19.3. The molecule has 1 aliphatic rings. The summed E-state index contributed by atoms with van der Waals surface area (Å²) in [4.78, 5) is 12.3. The van der Waals surface area contributed by atoms with Gasteiger partial charge in [0.15, 0.2) is 11.5 Å². The summed E-state index contributed by atoms with van der Waals surface area (Å²) in [6.45, 7) is 0. The van der Waals surface area contributed by atoms with Crippen LogP contribution in [0.25, 0.3) is 0 Å². The molecule has 0 aliphatic carbocycles. The van der Waals surface area contributed by atoms with Gasteiger partial charge in [0.2, 0.25) is 5.72 Å². The van der Waals surface area contributed by atoms with E-state index in [1.54, 1.807) is 0 Å². The van der Waals surface area contributed by atoms with Crippen molar-refractivity contribution in [3.63, 3.8) is 0 Å². The van der Waals surface area contributed by atoms with Gasteiger partial charge in [-0.05, 0) is 18.2 Å². The van der Waals surface area contributed by atoms with Crippen LogP contribution in [-0.2, 0) is 0 Å². The van der Waals surface area contributed by atoms with Crippen LogP contribution in [0.4, 0.5) is 17.6 Å². The van der Waals surface area contributed by atoms with Crippen LogP contribution in [0.1, 0.15) is 16.8 Å². The number of rotatable bonds is 4. The minimum atomic E-state index is -3.51. The maximum Gasteiger partial charge on any atom is 0.287 e. The highest BCUT2D eigenvalue weighted by Gasteiger charge is 2.53. The summed E-state index contributed by atoms with van der Waals surface area (Å²) in [5, 5.41) is 22.4. The lowest BCUT2D eigenvalue weighted by atomic mass is 10.1. The fourth-order valence-corrected chi connectivity index (χ4v) is 2.04. The number of ether oxygens (including phenoxy) is 1. The van der Waals surface area contributed by atoms with Crippen molar-refractivity contribution in [2.75, 3.05) is 7.11 Å². The molecule has 1 aliphatic heterocycles. The average Bonchev–Trinajstić information content (AvgIpc) is 2.86. The van der Waals surface area contributed by atoms with Crippen LogP contribution < -0.4 is 4.74 Å². The summed E-state index contributed by atoms with van der Waals surface area (Å²) in [6, 6.07) is 3.13. The molecule has 2 N–H and O–H groups in total. The summed E-state index contributed by atoms with van der Waals surface area (Å²) < 4.78 is 56.3. The molecule has 0 bridgehead atoms. The molecule has 1 aromatic rings. The topological polar surface area (TPSA) is 82.4 Å². The Morgan fingerprint density at radius 1 is 1.39 bits per heavy atom. The number of hydrogen-bond donors (Lipinski definition) is 2. The van der Waals surface area contributed by atoms with E-state index < -0.39 is 36.6 Å². The van der Waals surface area contributed by atoms with Gasteiger partial charge in [0, 0.05) is 12.0 Å². The normalized spacial score (nSPS) is 21.0. The molecule has 0 fully saturated rings. The molecular formula is C13H12F4N2O4. The van der Waals surface area contributed by atoms with E-state index in [9.17, 15) is 32.6 Å². The van der Waals surface area contributed by atoms with Gasteiger partial charge in [-0.25, -0.2) is 17.6 Å². The van der Waals surface area contributed by atoms with Crippen LogP contribution in [0.2, 0.25) is 0 Å². The number of halogens is 4. The number of methoxy groups -OCH3 is 1. The molecule has 1 aromatic carbocycles. The van der Waals surface area contributed by atoms with E-state index in [-0.39, 0.29) is 22.1 Å². The molecule has 0 aromatic heterocycles. The SMILES string of the molecule is COc1cc(C(=O)N2N=C(C(F)F)C[C@@]2(O)C(F)F)ccc1O. The van der Waals surface area contributed by atoms with E-state index in [4.69, 9.17) is 4.74 Å². The van der Waals surface area contributed by atoms with Gasteiger partial charge in [-0.3, -0.25) is 4.79 Å². The molecule has 10 heteroatoms. The number of carbonyl (C=O) groups excluding carboxylic acids is 1. The Morgan fingerprint density at radius 2 is 2.04 bits per heavy atom. The van der Waals surface area contributed by atoms with Crippen LogP contribution in [0.15, 0.2) is 23.3 Å². The molecule has 0 saturated carbocycles. The van der Waals surface area contributed by atoms with E-state index in [1.165, 1.54) is 7.11 Å². The molecule has 23 heavy (non-hydrogen) atoms. The van der Waals surface area contributed by atoms with Crippen molar-refractivity contribution >= 4 is 11.6 Å². The van der Waals surface area contributed by atoms with E-state index in [0.717, 1.165) is 18.2 Å². The first kappa shape index (κ1) is 17.0. The Kier molecular flexibility index (Phi) is 4.46. The quantitative estimate of drug-likeness (QED) is 0.822. The number of phenolic OH excluding ortho intramolecular Hbond substituents is 1. The molecule has 0 unspecified atom stereocenters. The summed E-state index contributed by atoms with van der Waals surface area (Å²) in [5.74, 6) is -1.68. The van der Waals surface area contributed by atoms with Gasteiger partial charge in [0.05, 0.1) is 7.11 Å². The van der Waals surface area contributed by atoms with Gasteiger partial charge in [-0.2, -0.15) is 10.1 Å². The summed E-state index contributed by atoms with van der Waals surface area (Å²) in [5.41, 5.74) is -4.46. The number of amides is 1. The second-order valence-corrected chi connectivity index (χ2v) is 4.75. The first-order valence-electron chi connectivity index (χ1n) is 6.28. The highest BCUT2D eigenvalue weighted by molar-refractivity contribution is 5.99. The molecule has 126 valence electrons. The molecule has 1 amide bonds. The predicted molar refractivity (Wildman–Crippen MR) is 69.8 cm³/mol. The second-order valence-electron chi connectivity index (χ2n) is 4.75. The third-order valence-corrected chi connectivity index (χ3v) is 3.26. The van der Waals surface area contributed by atoms with Crippen LogP contribution >= 0.6 is 0 Å². The first-order chi connectivity index (χ1) is 10.7. The highest BCUT2D eigenvalue weighted by Crippen LogP contribution is 2.35. The Balaban J connectivity index is 2.42. The molecule has 1 atom stereocenters. The molecule has 1 heterocycles. The number of alkyl halides is 4. The maximum atomic E-state index is 13.1. The number of aromatic hydroxyl groups is 1. The number of phenols is 1. The standard InChI is InChI=1S/C13H12F4N2O4/c1-23-9-4-6(2-3-8(9)20)11(21)19-13(22,12(16)17)5-7(18-19)10(14)15/h2-4,10,12,20,22H,5H2,1H3/t13-/m1/s1. The van der Waals surface area contributed by atoms with Crippen molar-refractivity contribution in [1.82, 2.24) is 5.01 Å². The van der Waals surface area contributed by atoms with E-state index in [2.05, 4.69) is 5.10 Å². The molecular weight excluding hydrogens is 324 g/mol. The predicted octanol–water partition coefficient (Wildman–Crippen LogP) is 1.82. The fourth-order valence-electron chi connectivity index (χ4n) is 2.04. The van der Waals surface area contributed by atoms with Gasteiger partial charge < -0.3 is 14.9 Å². The van der Waals surface area contributed by atoms with Crippen molar-refractivity contribution in [2.45, 2.75) is 25.0 Å². The molecule has 2 rings (SSSR count). The molecule has 0 spiro atoms. The number of aliphatic hydroxyl groups is 1. The second kappa shape index (κ2) is 6.03. The molecule has 6 nitrogen and oxygen atoms in total. The minimum Gasteiger partial charge on any atom is -0.504 e. The van der Waals surface area contributed by atoms with Gasteiger partial charge >= 0.3 is 0 Å². The lowest BCUT2D eigenvalue weighted by Gasteiger charge is -2.30. The zero-order chi connectivity index (χ0) is 17.4. The lowest BCUT2D eigenvalue weighted by Crippen LogP contribution is -2.51. The van der Waals surface area contributed by atoms with Crippen molar-refractivity contribution < 1.29 is 37.3 Å². The first-order valence-corrected chi connectivity index (χ1v) is 6.28. The number of carbonyl (C=O) groups is 1. The Labute approximate surface area is 127 Å². The van der Waals surface area contributed by atoms with Gasteiger partial charge in [0.25, 0.3) is 18.8 Å². The third kappa shape index (κ3) is 2.93. The minimum absolute atomic E-state index is 0.0645. The van der Waals surface area contributed by atoms with Crippen molar-refractivity contribution in [3.8, 4) is 11.5 Å². The Morgan fingerprint density at radius 3 is 2.57 bits per heavy atom. The summed E-state index contributed by atoms with van der Waals surface area (Å²) in [6.07, 6.45) is -7.86. The maximum absolute atomic E-state index is 13.1. The Bertz CT molecular complexity index is 653. The van der Waals surface area contributed by atoms with Crippen LogP contribution in [-0.4, -0.2) is 52.5 Å². The molecule has 0 saturated heterocycles. The summed E-state index contributed by atoms with van der Waals surface area (Å²) in [7, 11) is 1.20. The van der Waals surface area contributed by atoms with Gasteiger partial charge in [-0.15, -0.1) is 0 Å². The van der Waals surface area contributed by atoms with E-state index >= 15 is 0 Å². The summed E-state index contributed by atoms with van der Waals surface area (Å²) >= 11 is 0. The lowest BCUT2D eigenvalue weighted by molar-refractivity contribution is -0.164. The van der Waals surface area contributed by atoms with Crippen LogP contribution in [0, 0.1) is 0 Å². The zero-order valence-corrected chi connectivity index (χ0v) is 11.7. The van der Waals surface area contributed by atoms with Crippen molar-refractivity contribution in [3.05, 3.63) is 23.8 Å². The van der Waals surface area contributed by atoms with Gasteiger partial charge in [-0.1, -0.05) is 0 Å². The number of hydrogen-bond acceptors (Lipinski definition) is 5. The van der Waals surface area contributed by atoms with Crippen molar-refractivity contribution in [1.29, 1.82) is 0 Å². The monoisotopic (exact) mass is 336 g/mol. The zero-order valence-electron chi connectivity index (χ0n) is 11.7. The van der Waals surface area contributed by atoms with E-state index in [0.29, 0.717) is 0 Å². The number of hydrazone groups is 1. The largest absolute Gasteiger partial charge is 0.504 e. The molecule has 0 radical (unpaired) electrons. The fraction of sp³-hybridized carbons (Fsp3) is 0.385. The number of nitrogens with zero attached hydrogens (tertiary/aromatic N) is 2. The van der Waals surface area contributed by atoms with Crippen LogP contribution in [0.3, 0.4) is 0 Å². The van der Waals surface area contributed by atoms with E-state index in [1.807, 2.05) is 0 Å². The van der Waals surface area contributed by atoms with Crippen molar-refractivity contribution in [2.24, 2.45) is 5.10 Å². The third-order valence-electron chi connectivity index (χ3n) is 3.26. The van der Waals surface area contributed by atoms with Gasteiger partial charge in [0.1, 0.15) is 5.71 Å².